The summed E-state index contributed by atoms with van der Waals surface area (Å²) in [5.41, 5.74) is 2.18. The molecule has 1 saturated heterocycles. The van der Waals surface area contributed by atoms with Crippen molar-refractivity contribution in [3.05, 3.63) is 72.2 Å². The summed E-state index contributed by atoms with van der Waals surface area (Å²) < 4.78 is 13.1. The third kappa shape index (κ3) is 5.35. The molecule has 0 spiro atoms. The normalized spacial score (nSPS) is 14.3. The lowest BCUT2D eigenvalue weighted by Gasteiger charge is -2.31. The van der Waals surface area contributed by atoms with Gasteiger partial charge in [0.15, 0.2) is 0 Å². The average Bonchev–Trinajstić information content (AvgIpc) is 2.81. The number of nitrogens with one attached hydrogen (secondary N) is 3. The van der Waals surface area contributed by atoms with E-state index in [4.69, 9.17) is 0 Å². The standard InChI is InChI=1S/C23H25FN6O/c1-25-18-11-14-30(15-12-18)22(31)16-2-6-20(7-3-16)28-23-26-13-10-21(29-23)27-19-8-4-17(24)5-9-19/h2-10,13,18,25H,11-12,14-15H2,1H3,(H2,26,27,28,29). The molecule has 0 bridgehead atoms. The number of aromatic nitrogens is 2. The zero-order valence-corrected chi connectivity index (χ0v) is 17.3. The van der Waals surface area contributed by atoms with E-state index in [-0.39, 0.29) is 11.7 Å². The molecule has 160 valence electrons. The number of halogens is 1. The number of piperidine rings is 1. The van der Waals surface area contributed by atoms with Gasteiger partial charge in [-0.2, -0.15) is 4.98 Å². The molecule has 2 heterocycles. The number of anilines is 4. The summed E-state index contributed by atoms with van der Waals surface area (Å²) in [5.74, 6) is 0.768. The number of likely N-dealkylation sites (tertiary alicyclic amines) is 1. The number of carbonyl (C=O) groups excluding carboxylic acids is 1. The topological polar surface area (TPSA) is 82.2 Å². The minimum absolute atomic E-state index is 0.0582. The van der Waals surface area contributed by atoms with Gasteiger partial charge in [0.25, 0.3) is 5.91 Å². The molecule has 1 fully saturated rings. The van der Waals surface area contributed by atoms with Crippen molar-refractivity contribution >= 4 is 29.0 Å². The minimum Gasteiger partial charge on any atom is -0.340 e. The smallest absolute Gasteiger partial charge is 0.253 e. The Labute approximate surface area is 180 Å². The number of nitrogens with zero attached hydrogens (tertiary/aromatic N) is 3. The minimum atomic E-state index is -0.292. The van der Waals surface area contributed by atoms with Gasteiger partial charge in [-0.15, -0.1) is 0 Å². The average molecular weight is 420 g/mol. The first kappa shape index (κ1) is 20.7. The fraction of sp³-hybridized carbons (Fsp3) is 0.261. The predicted molar refractivity (Wildman–Crippen MR) is 119 cm³/mol. The Morgan fingerprint density at radius 2 is 1.61 bits per heavy atom. The molecule has 1 aromatic heterocycles. The van der Waals surface area contributed by atoms with Gasteiger partial charge in [-0.3, -0.25) is 4.79 Å². The van der Waals surface area contributed by atoms with Crippen molar-refractivity contribution < 1.29 is 9.18 Å². The first-order valence-electron chi connectivity index (χ1n) is 10.3. The quantitative estimate of drug-likeness (QED) is 0.561. The second-order valence-electron chi connectivity index (χ2n) is 7.45. The molecule has 3 aromatic rings. The Balaban J connectivity index is 1.37. The van der Waals surface area contributed by atoms with Crippen LogP contribution < -0.4 is 16.0 Å². The largest absolute Gasteiger partial charge is 0.340 e. The number of hydrogen-bond acceptors (Lipinski definition) is 6. The Hall–Kier alpha value is -3.52. The van der Waals surface area contributed by atoms with E-state index < -0.39 is 0 Å². The number of benzene rings is 2. The second kappa shape index (κ2) is 9.53. The van der Waals surface area contributed by atoms with Gasteiger partial charge in [0.2, 0.25) is 5.95 Å². The van der Waals surface area contributed by atoms with Gasteiger partial charge in [0, 0.05) is 42.3 Å². The Morgan fingerprint density at radius 3 is 2.29 bits per heavy atom. The van der Waals surface area contributed by atoms with Crippen molar-refractivity contribution in [3.8, 4) is 0 Å². The third-order valence-electron chi connectivity index (χ3n) is 5.35. The highest BCUT2D eigenvalue weighted by Crippen LogP contribution is 2.20. The monoisotopic (exact) mass is 420 g/mol. The lowest BCUT2D eigenvalue weighted by molar-refractivity contribution is 0.0707. The van der Waals surface area contributed by atoms with Gasteiger partial charge in [0.05, 0.1) is 0 Å². The van der Waals surface area contributed by atoms with Gasteiger partial charge >= 0.3 is 0 Å². The Kier molecular flexibility index (Phi) is 6.37. The van der Waals surface area contributed by atoms with Crippen LogP contribution in [0.2, 0.25) is 0 Å². The van der Waals surface area contributed by atoms with E-state index in [2.05, 4.69) is 25.9 Å². The maximum absolute atomic E-state index is 13.1. The van der Waals surface area contributed by atoms with Gasteiger partial charge in [-0.05, 0) is 74.5 Å². The van der Waals surface area contributed by atoms with Crippen LogP contribution >= 0.6 is 0 Å². The molecule has 0 atom stereocenters. The van der Waals surface area contributed by atoms with Crippen LogP contribution in [0.3, 0.4) is 0 Å². The summed E-state index contributed by atoms with van der Waals surface area (Å²) >= 11 is 0. The molecule has 8 heteroatoms. The van der Waals surface area contributed by atoms with Crippen LogP contribution in [0.15, 0.2) is 60.8 Å². The molecular weight excluding hydrogens is 395 g/mol. The van der Waals surface area contributed by atoms with E-state index in [0.717, 1.165) is 37.3 Å². The molecule has 0 saturated carbocycles. The van der Waals surface area contributed by atoms with Gasteiger partial charge in [-0.25, -0.2) is 9.37 Å². The zero-order chi connectivity index (χ0) is 21.6. The first-order chi connectivity index (χ1) is 15.1. The summed E-state index contributed by atoms with van der Waals surface area (Å²) in [6.45, 7) is 1.54. The zero-order valence-electron chi connectivity index (χ0n) is 17.3. The van der Waals surface area contributed by atoms with Crippen LogP contribution in [-0.4, -0.2) is 47.0 Å². The van der Waals surface area contributed by atoms with Crippen LogP contribution in [0.5, 0.6) is 0 Å². The third-order valence-corrected chi connectivity index (χ3v) is 5.35. The van der Waals surface area contributed by atoms with Crippen molar-refractivity contribution in [2.24, 2.45) is 0 Å². The molecule has 7 nitrogen and oxygen atoms in total. The molecule has 31 heavy (non-hydrogen) atoms. The number of rotatable bonds is 6. The van der Waals surface area contributed by atoms with Crippen molar-refractivity contribution in [1.29, 1.82) is 0 Å². The van der Waals surface area contributed by atoms with Crippen LogP contribution in [-0.2, 0) is 0 Å². The maximum Gasteiger partial charge on any atom is 0.253 e. The van der Waals surface area contributed by atoms with E-state index in [9.17, 15) is 9.18 Å². The van der Waals surface area contributed by atoms with E-state index in [1.54, 1.807) is 24.4 Å². The predicted octanol–water partition coefficient (Wildman–Crippen LogP) is 3.93. The van der Waals surface area contributed by atoms with Crippen LogP contribution in [0.4, 0.5) is 27.5 Å². The van der Waals surface area contributed by atoms with Crippen molar-refractivity contribution in [3.63, 3.8) is 0 Å². The molecule has 3 N–H and O–H groups in total. The second-order valence-corrected chi connectivity index (χ2v) is 7.45. The lowest BCUT2D eigenvalue weighted by Crippen LogP contribution is -2.43. The summed E-state index contributed by atoms with van der Waals surface area (Å²) in [6.07, 6.45) is 3.58. The van der Waals surface area contributed by atoms with E-state index >= 15 is 0 Å². The van der Waals surface area contributed by atoms with E-state index in [1.165, 1.54) is 12.1 Å². The van der Waals surface area contributed by atoms with Crippen LogP contribution in [0.1, 0.15) is 23.2 Å². The Morgan fingerprint density at radius 1 is 0.968 bits per heavy atom. The van der Waals surface area contributed by atoms with Crippen LogP contribution in [0.25, 0.3) is 0 Å². The van der Waals surface area contributed by atoms with Gasteiger partial charge in [0.1, 0.15) is 11.6 Å². The van der Waals surface area contributed by atoms with Crippen molar-refractivity contribution in [1.82, 2.24) is 20.2 Å². The molecule has 1 aliphatic rings. The van der Waals surface area contributed by atoms with Crippen molar-refractivity contribution in [2.45, 2.75) is 18.9 Å². The SMILES string of the molecule is CNC1CCN(C(=O)c2ccc(Nc3nccc(Nc4ccc(F)cc4)n3)cc2)CC1. The van der Waals surface area contributed by atoms with E-state index in [1.807, 2.05) is 36.2 Å². The summed E-state index contributed by atoms with van der Waals surface area (Å²) in [7, 11) is 1.96. The summed E-state index contributed by atoms with van der Waals surface area (Å²) in [6, 6.07) is 15.6. The molecule has 0 unspecified atom stereocenters. The molecule has 0 radical (unpaired) electrons. The lowest BCUT2D eigenvalue weighted by atomic mass is 10.0. The highest BCUT2D eigenvalue weighted by Gasteiger charge is 2.22. The molecule has 1 amide bonds. The highest BCUT2D eigenvalue weighted by atomic mass is 19.1. The molecule has 1 aliphatic heterocycles. The van der Waals surface area contributed by atoms with Crippen LogP contribution in [0, 0.1) is 5.82 Å². The number of hydrogen-bond donors (Lipinski definition) is 3. The molecular formula is C23H25FN6O. The van der Waals surface area contributed by atoms with E-state index in [0.29, 0.717) is 23.4 Å². The maximum atomic E-state index is 13.1. The molecule has 2 aromatic carbocycles. The molecule has 0 aliphatic carbocycles. The van der Waals surface area contributed by atoms with Gasteiger partial charge in [-0.1, -0.05) is 0 Å². The fourth-order valence-corrected chi connectivity index (χ4v) is 3.55. The summed E-state index contributed by atoms with van der Waals surface area (Å²) in [5, 5.41) is 9.53. The highest BCUT2D eigenvalue weighted by molar-refractivity contribution is 5.94. The fourth-order valence-electron chi connectivity index (χ4n) is 3.55. The molecule has 4 rings (SSSR count). The van der Waals surface area contributed by atoms with Crippen molar-refractivity contribution in [2.75, 3.05) is 30.8 Å². The number of carbonyl (C=O) groups is 1. The van der Waals surface area contributed by atoms with Gasteiger partial charge < -0.3 is 20.9 Å². The Bertz CT molecular complexity index is 1020. The first-order valence-corrected chi connectivity index (χ1v) is 10.3. The summed E-state index contributed by atoms with van der Waals surface area (Å²) in [4.78, 5) is 23.3. The number of amides is 1.